The molecule has 138 valence electrons. The summed E-state index contributed by atoms with van der Waals surface area (Å²) in [6.45, 7) is 4.47. The number of aromatic nitrogens is 1. The number of benzene rings is 1. The third-order valence-corrected chi connectivity index (χ3v) is 4.73. The molecule has 1 saturated heterocycles. The maximum atomic E-state index is 12.6. The van der Waals surface area contributed by atoms with Crippen LogP contribution in [-0.2, 0) is 16.0 Å². The molecule has 0 radical (unpaired) electrons. The van der Waals surface area contributed by atoms with E-state index >= 15 is 0 Å². The number of aryl methyl sites for hydroxylation is 3. The van der Waals surface area contributed by atoms with E-state index in [2.05, 4.69) is 41.7 Å². The summed E-state index contributed by atoms with van der Waals surface area (Å²) < 4.78 is 4.96. The van der Waals surface area contributed by atoms with E-state index in [0.717, 1.165) is 19.3 Å². The van der Waals surface area contributed by atoms with Crippen LogP contribution in [-0.4, -0.2) is 34.5 Å². The number of carbonyl (C=O) groups excluding carboxylic acids is 2. The van der Waals surface area contributed by atoms with Crippen molar-refractivity contribution in [2.24, 2.45) is 0 Å². The fraction of sp³-hybridized carbons (Fsp3) is 0.450. The van der Waals surface area contributed by atoms with E-state index in [9.17, 15) is 9.59 Å². The zero-order valence-electron chi connectivity index (χ0n) is 15.3. The Bertz CT molecular complexity index is 767. The van der Waals surface area contributed by atoms with Gasteiger partial charge in [0.15, 0.2) is 5.82 Å². The van der Waals surface area contributed by atoms with Gasteiger partial charge in [-0.1, -0.05) is 35.0 Å². The van der Waals surface area contributed by atoms with Crippen molar-refractivity contribution < 1.29 is 14.1 Å². The zero-order chi connectivity index (χ0) is 18.5. The highest BCUT2D eigenvalue weighted by molar-refractivity contribution is 5.96. The number of anilines is 1. The van der Waals surface area contributed by atoms with Crippen LogP contribution < -0.4 is 5.32 Å². The number of hydrogen-bond donors (Lipinski definition) is 1. The van der Waals surface area contributed by atoms with Crippen LogP contribution in [0, 0.1) is 13.8 Å². The van der Waals surface area contributed by atoms with E-state index < -0.39 is 6.04 Å². The van der Waals surface area contributed by atoms with Crippen LogP contribution in [0.15, 0.2) is 34.9 Å². The summed E-state index contributed by atoms with van der Waals surface area (Å²) in [5.74, 6) is 0.885. The van der Waals surface area contributed by atoms with Gasteiger partial charge >= 0.3 is 0 Å². The van der Waals surface area contributed by atoms with E-state index in [1.807, 2.05) is 0 Å². The molecule has 3 rings (SSSR count). The Hall–Kier alpha value is -2.63. The van der Waals surface area contributed by atoms with Gasteiger partial charge in [0.1, 0.15) is 11.8 Å². The van der Waals surface area contributed by atoms with Crippen molar-refractivity contribution in [3.05, 3.63) is 47.2 Å². The van der Waals surface area contributed by atoms with Gasteiger partial charge in [-0.15, -0.1) is 0 Å². The predicted molar refractivity (Wildman–Crippen MR) is 98.7 cm³/mol. The second-order valence-corrected chi connectivity index (χ2v) is 6.90. The van der Waals surface area contributed by atoms with Gasteiger partial charge in [0.2, 0.25) is 11.8 Å². The van der Waals surface area contributed by atoms with Crippen LogP contribution in [0.1, 0.15) is 42.6 Å². The van der Waals surface area contributed by atoms with Crippen LogP contribution in [0.5, 0.6) is 0 Å². The van der Waals surface area contributed by atoms with Crippen LogP contribution >= 0.6 is 0 Å². The molecule has 1 atom stereocenters. The van der Waals surface area contributed by atoms with Crippen molar-refractivity contribution >= 4 is 17.6 Å². The lowest BCUT2D eigenvalue weighted by Gasteiger charge is -2.23. The van der Waals surface area contributed by atoms with Gasteiger partial charge in [0.25, 0.3) is 0 Å². The Kier molecular flexibility index (Phi) is 5.71. The molecule has 2 heterocycles. The first kappa shape index (κ1) is 18.2. The van der Waals surface area contributed by atoms with E-state index in [0.29, 0.717) is 31.0 Å². The van der Waals surface area contributed by atoms with E-state index in [-0.39, 0.29) is 11.8 Å². The number of rotatable bonds is 6. The molecule has 1 aromatic carbocycles. The molecule has 6 heteroatoms. The summed E-state index contributed by atoms with van der Waals surface area (Å²) in [4.78, 5) is 26.8. The minimum atomic E-state index is -0.418. The molecule has 0 unspecified atom stereocenters. The minimum Gasteiger partial charge on any atom is -0.360 e. The molecule has 0 saturated carbocycles. The molecule has 6 nitrogen and oxygen atoms in total. The monoisotopic (exact) mass is 355 g/mol. The van der Waals surface area contributed by atoms with Crippen molar-refractivity contribution in [1.29, 1.82) is 0 Å². The number of nitrogens with one attached hydrogen (secondary N) is 1. The van der Waals surface area contributed by atoms with Crippen molar-refractivity contribution in [1.82, 2.24) is 10.1 Å². The SMILES string of the molecule is Cc1ccc(CCCC(=O)N2CCC[C@@H]2C(=O)Nc2cc(C)on2)cc1. The normalized spacial score (nSPS) is 16.7. The Balaban J connectivity index is 1.50. The number of nitrogens with zero attached hydrogens (tertiary/aromatic N) is 2. The zero-order valence-corrected chi connectivity index (χ0v) is 15.3. The summed E-state index contributed by atoms with van der Waals surface area (Å²) in [6.07, 6.45) is 3.65. The predicted octanol–water partition coefficient (Wildman–Crippen LogP) is 3.24. The molecule has 0 bridgehead atoms. The third kappa shape index (κ3) is 4.50. The maximum absolute atomic E-state index is 12.6. The van der Waals surface area contributed by atoms with Crippen molar-refractivity contribution in [2.45, 2.75) is 52.0 Å². The van der Waals surface area contributed by atoms with E-state index in [1.165, 1.54) is 11.1 Å². The number of amides is 2. The first-order valence-electron chi connectivity index (χ1n) is 9.12. The quantitative estimate of drug-likeness (QED) is 0.863. The Morgan fingerprint density at radius 3 is 2.73 bits per heavy atom. The molecule has 1 fully saturated rings. The highest BCUT2D eigenvalue weighted by Gasteiger charge is 2.33. The summed E-state index contributed by atoms with van der Waals surface area (Å²) in [5.41, 5.74) is 2.47. The Morgan fingerprint density at radius 1 is 1.27 bits per heavy atom. The first-order chi connectivity index (χ1) is 12.5. The standard InChI is InChI=1S/C20H25N3O3/c1-14-8-10-16(11-9-14)5-3-7-19(24)23-12-4-6-17(23)20(25)21-18-13-15(2)26-22-18/h8-11,13,17H,3-7,12H2,1-2H3,(H,21,22,25)/t17-/m1/s1. The van der Waals surface area contributed by atoms with Gasteiger partial charge < -0.3 is 14.7 Å². The molecule has 1 N–H and O–H groups in total. The molecule has 26 heavy (non-hydrogen) atoms. The number of likely N-dealkylation sites (tertiary alicyclic amines) is 1. The summed E-state index contributed by atoms with van der Waals surface area (Å²) >= 11 is 0. The molecule has 0 spiro atoms. The fourth-order valence-corrected chi connectivity index (χ4v) is 3.31. The lowest BCUT2D eigenvalue weighted by atomic mass is 10.1. The molecule has 1 aliphatic heterocycles. The number of carbonyl (C=O) groups is 2. The topological polar surface area (TPSA) is 75.4 Å². The molecule has 1 aliphatic rings. The van der Waals surface area contributed by atoms with Crippen LogP contribution in [0.4, 0.5) is 5.82 Å². The summed E-state index contributed by atoms with van der Waals surface area (Å²) in [7, 11) is 0. The molecule has 1 aromatic heterocycles. The average molecular weight is 355 g/mol. The van der Waals surface area contributed by atoms with Gasteiger partial charge in [-0.05, 0) is 45.1 Å². The van der Waals surface area contributed by atoms with E-state index in [1.54, 1.807) is 17.9 Å². The lowest BCUT2D eigenvalue weighted by Crippen LogP contribution is -2.43. The highest BCUT2D eigenvalue weighted by Crippen LogP contribution is 2.21. The van der Waals surface area contributed by atoms with E-state index in [4.69, 9.17) is 4.52 Å². The largest absolute Gasteiger partial charge is 0.360 e. The van der Waals surface area contributed by atoms with Gasteiger partial charge in [-0.3, -0.25) is 9.59 Å². The lowest BCUT2D eigenvalue weighted by molar-refractivity contribution is -0.136. The Labute approximate surface area is 153 Å². The minimum absolute atomic E-state index is 0.0473. The molecule has 2 aromatic rings. The van der Waals surface area contributed by atoms with Crippen molar-refractivity contribution in [3.8, 4) is 0 Å². The van der Waals surface area contributed by atoms with Crippen molar-refractivity contribution in [3.63, 3.8) is 0 Å². The fourth-order valence-electron chi connectivity index (χ4n) is 3.31. The smallest absolute Gasteiger partial charge is 0.248 e. The Morgan fingerprint density at radius 2 is 2.04 bits per heavy atom. The first-order valence-corrected chi connectivity index (χ1v) is 9.12. The maximum Gasteiger partial charge on any atom is 0.248 e. The number of hydrogen-bond acceptors (Lipinski definition) is 4. The van der Waals surface area contributed by atoms with Gasteiger partial charge in [0, 0.05) is 19.0 Å². The van der Waals surface area contributed by atoms with Crippen molar-refractivity contribution in [2.75, 3.05) is 11.9 Å². The summed E-state index contributed by atoms with van der Waals surface area (Å²) in [5, 5.41) is 6.52. The van der Waals surface area contributed by atoms with Gasteiger partial charge in [-0.2, -0.15) is 0 Å². The van der Waals surface area contributed by atoms with Crippen LogP contribution in [0.2, 0.25) is 0 Å². The third-order valence-electron chi connectivity index (χ3n) is 4.73. The molecule has 0 aliphatic carbocycles. The molecule has 2 amide bonds. The second kappa shape index (κ2) is 8.17. The van der Waals surface area contributed by atoms with Gasteiger partial charge in [0.05, 0.1) is 0 Å². The van der Waals surface area contributed by atoms with Gasteiger partial charge in [-0.25, -0.2) is 0 Å². The molecular weight excluding hydrogens is 330 g/mol. The second-order valence-electron chi connectivity index (χ2n) is 6.90. The highest BCUT2D eigenvalue weighted by atomic mass is 16.5. The summed E-state index contributed by atoms with van der Waals surface area (Å²) in [6, 6.07) is 9.63. The van der Waals surface area contributed by atoms with Crippen LogP contribution in [0.25, 0.3) is 0 Å². The molecular formula is C20H25N3O3. The van der Waals surface area contributed by atoms with Crippen LogP contribution in [0.3, 0.4) is 0 Å². The average Bonchev–Trinajstić information content (AvgIpc) is 3.25.